The molecule has 4 atom stereocenters. The summed E-state index contributed by atoms with van der Waals surface area (Å²) in [5.74, 6) is 0. The monoisotopic (exact) mass is 259 g/mol. The number of aliphatic hydroxyl groups excluding tert-OH is 1. The molecule has 6 heteroatoms. The van der Waals surface area contributed by atoms with E-state index in [9.17, 15) is 9.90 Å². The quantitative estimate of drug-likeness (QED) is 0.513. The molecule has 0 aromatic carbocycles. The molecule has 1 fully saturated rings. The van der Waals surface area contributed by atoms with Crippen molar-refractivity contribution in [3.05, 3.63) is 0 Å². The summed E-state index contributed by atoms with van der Waals surface area (Å²) in [4.78, 5) is 10.1. The maximum Gasteiger partial charge on any atom is 0.122 e. The molecule has 13 heavy (non-hydrogen) atoms. The van der Waals surface area contributed by atoms with Crippen molar-refractivity contribution in [3.63, 3.8) is 0 Å². The number of hydrogen-bond acceptors (Lipinski definition) is 4. The zero-order valence-electron chi connectivity index (χ0n) is 7.42. The van der Waals surface area contributed by atoms with Crippen LogP contribution in [0.5, 0.6) is 0 Å². The van der Waals surface area contributed by atoms with Gasteiger partial charge in [-0.3, -0.25) is 0 Å². The van der Waals surface area contributed by atoms with Gasteiger partial charge in [0.1, 0.15) is 26.3 Å². The summed E-state index contributed by atoms with van der Waals surface area (Å²) in [6, 6.07) is -0.644. The summed E-state index contributed by atoms with van der Waals surface area (Å²) < 4.78 is 9.99. The fourth-order valence-corrected chi connectivity index (χ4v) is 1.33. The first-order valence-electron chi connectivity index (χ1n) is 3.76. The van der Waals surface area contributed by atoms with Crippen LogP contribution >= 0.6 is 0 Å². The van der Waals surface area contributed by atoms with E-state index < -0.39 is 24.3 Å². The van der Waals surface area contributed by atoms with Gasteiger partial charge in [-0.05, 0) is 0 Å². The molecule has 0 amide bonds. The third kappa shape index (κ3) is 3.10. The molecule has 1 aliphatic rings. The van der Waals surface area contributed by atoms with Gasteiger partial charge in [0, 0.05) is 52.2 Å². The predicted molar refractivity (Wildman–Crippen MR) is 41.9 cm³/mol. The van der Waals surface area contributed by atoms with E-state index in [0.717, 1.165) is 0 Å². The SMILES string of the molecule is [B][C@@H]1O[C@H](CC=O)[C@@H](O)[C@H]1OC.[Y]. The van der Waals surface area contributed by atoms with Gasteiger partial charge in [-0.2, -0.15) is 0 Å². The molecule has 0 aliphatic carbocycles. The van der Waals surface area contributed by atoms with Crippen molar-refractivity contribution in [2.24, 2.45) is 0 Å². The van der Waals surface area contributed by atoms with Crippen LogP contribution in [0.3, 0.4) is 0 Å². The molecule has 69 valence electrons. The van der Waals surface area contributed by atoms with Crippen LogP contribution in [0.25, 0.3) is 0 Å². The Labute approximate surface area is 104 Å². The molecule has 0 aromatic heterocycles. The Kier molecular flexibility index (Phi) is 6.59. The summed E-state index contributed by atoms with van der Waals surface area (Å²) >= 11 is 0. The van der Waals surface area contributed by atoms with Crippen molar-refractivity contribution in [2.45, 2.75) is 30.7 Å². The number of aldehydes is 1. The van der Waals surface area contributed by atoms with Gasteiger partial charge in [0.25, 0.3) is 0 Å². The minimum Gasteiger partial charge on any atom is -0.388 e. The van der Waals surface area contributed by atoms with Gasteiger partial charge in [0.05, 0.1) is 6.10 Å². The fourth-order valence-electron chi connectivity index (χ4n) is 1.33. The van der Waals surface area contributed by atoms with E-state index in [-0.39, 0.29) is 39.1 Å². The molecule has 0 aromatic rings. The zero-order chi connectivity index (χ0) is 9.14. The van der Waals surface area contributed by atoms with Crippen LogP contribution in [0.15, 0.2) is 0 Å². The van der Waals surface area contributed by atoms with Crippen molar-refractivity contribution in [2.75, 3.05) is 7.11 Å². The van der Waals surface area contributed by atoms with Crippen LogP contribution in [0, 0.1) is 0 Å². The maximum absolute atomic E-state index is 10.1. The Morgan fingerprint density at radius 2 is 2.31 bits per heavy atom. The second-order valence-corrected chi connectivity index (χ2v) is 2.73. The molecule has 1 saturated heterocycles. The molecule has 1 heterocycles. The number of rotatable bonds is 3. The van der Waals surface area contributed by atoms with Gasteiger partial charge in [0.2, 0.25) is 0 Å². The number of ether oxygens (including phenoxy) is 2. The maximum atomic E-state index is 10.1. The summed E-state index contributed by atoms with van der Waals surface area (Å²) in [6.45, 7) is 0. The molecule has 1 aliphatic heterocycles. The first kappa shape index (κ1) is 13.7. The third-order valence-corrected chi connectivity index (χ3v) is 1.97. The Morgan fingerprint density at radius 3 is 2.69 bits per heavy atom. The van der Waals surface area contributed by atoms with Crippen LogP contribution in [-0.2, 0) is 47.0 Å². The van der Waals surface area contributed by atoms with Crippen LogP contribution < -0.4 is 0 Å². The predicted octanol–water partition coefficient (Wildman–Crippen LogP) is -1.16. The van der Waals surface area contributed by atoms with Crippen LogP contribution in [-0.4, -0.2) is 50.7 Å². The molecule has 0 spiro atoms. The minimum absolute atomic E-state index is 0. The smallest absolute Gasteiger partial charge is 0.122 e. The van der Waals surface area contributed by atoms with E-state index in [1.54, 1.807) is 0 Å². The zero-order valence-corrected chi connectivity index (χ0v) is 10.3. The second kappa shape index (κ2) is 6.25. The summed E-state index contributed by atoms with van der Waals surface area (Å²) in [7, 11) is 6.92. The molecule has 0 bridgehead atoms. The molecule has 3 radical (unpaired) electrons. The molecular weight excluding hydrogens is 248 g/mol. The first-order chi connectivity index (χ1) is 5.70. The fraction of sp³-hybridized carbons (Fsp3) is 0.857. The topological polar surface area (TPSA) is 55.8 Å². The molecule has 0 saturated carbocycles. The molecule has 0 unspecified atom stereocenters. The molecule has 4 nitrogen and oxygen atoms in total. The molecular formula is C7H11BO4Y. The largest absolute Gasteiger partial charge is 0.388 e. The van der Waals surface area contributed by atoms with E-state index in [1.807, 2.05) is 0 Å². The van der Waals surface area contributed by atoms with Gasteiger partial charge in [0.15, 0.2) is 0 Å². The number of carbonyl (C=O) groups is 1. The third-order valence-electron chi connectivity index (χ3n) is 1.97. The van der Waals surface area contributed by atoms with E-state index in [0.29, 0.717) is 6.29 Å². The number of methoxy groups -OCH3 is 1. The number of aliphatic hydroxyl groups is 1. The Balaban J connectivity index is 0.00000144. The van der Waals surface area contributed by atoms with Crippen LogP contribution in [0.4, 0.5) is 0 Å². The standard InChI is InChI=1S/C7H11BO4.Y/c1-11-6-5(10)4(2-3-9)12-7(6)8;/h3-7,10H,2H2,1H3;/t4-,5-,6-,7-;/m1./s1. The van der Waals surface area contributed by atoms with Crippen molar-refractivity contribution in [3.8, 4) is 0 Å². The van der Waals surface area contributed by atoms with Gasteiger partial charge in [-0.25, -0.2) is 0 Å². The Bertz CT molecular complexity index is 169. The van der Waals surface area contributed by atoms with Gasteiger partial charge in [-0.15, -0.1) is 0 Å². The Morgan fingerprint density at radius 1 is 1.69 bits per heavy atom. The first-order valence-corrected chi connectivity index (χ1v) is 3.76. The average molecular weight is 259 g/mol. The van der Waals surface area contributed by atoms with Crippen molar-refractivity contribution < 1.29 is 52.1 Å². The van der Waals surface area contributed by atoms with E-state index in [1.165, 1.54) is 7.11 Å². The van der Waals surface area contributed by atoms with E-state index >= 15 is 0 Å². The van der Waals surface area contributed by atoms with Gasteiger partial charge in [-0.1, -0.05) is 0 Å². The van der Waals surface area contributed by atoms with E-state index in [4.69, 9.17) is 17.3 Å². The normalized spacial score (nSPS) is 38.3. The van der Waals surface area contributed by atoms with E-state index in [2.05, 4.69) is 0 Å². The molecule has 1 rings (SSSR count). The van der Waals surface area contributed by atoms with Crippen molar-refractivity contribution in [1.82, 2.24) is 0 Å². The minimum atomic E-state index is -0.810. The summed E-state index contributed by atoms with van der Waals surface area (Å²) in [5, 5.41) is 9.46. The summed E-state index contributed by atoms with van der Waals surface area (Å²) in [6.07, 6.45) is -1.03. The van der Waals surface area contributed by atoms with Gasteiger partial charge >= 0.3 is 0 Å². The molecule has 1 N–H and O–H groups in total. The number of carbonyl (C=O) groups excluding carboxylic acids is 1. The second-order valence-electron chi connectivity index (χ2n) is 2.73. The van der Waals surface area contributed by atoms with Crippen molar-refractivity contribution in [1.29, 1.82) is 0 Å². The number of hydrogen-bond donors (Lipinski definition) is 1. The Hall–Kier alpha value is 0.719. The summed E-state index contributed by atoms with van der Waals surface area (Å²) in [5.41, 5.74) is 0. The van der Waals surface area contributed by atoms with Crippen molar-refractivity contribution >= 4 is 14.1 Å². The average Bonchev–Trinajstić information content (AvgIpc) is 2.29. The van der Waals surface area contributed by atoms with Crippen LogP contribution in [0.2, 0.25) is 0 Å². The van der Waals surface area contributed by atoms with Crippen LogP contribution in [0.1, 0.15) is 6.42 Å². The van der Waals surface area contributed by atoms with Gasteiger partial charge < -0.3 is 19.4 Å².